The molecule has 0 radical (unpaired) electrons. The van der Waals surface area contributed by atoms with Crippen LogP contribution >= 0.6 is 0 Å². The fourth-order valence-electron chi connectivity index (χ4n) is 2.35. The number of rotatable bonds is 1. The fourth-order valence-corrected chi connectivity index (χ4v) is 2.35. The highest BCUT2D eigenvalue weighted by Crippen LogP contribution is 2.39. The van der Waals surface area contributed by atoms with Gasteiger partial charge in [-0.15, -0.1) is 0 Å². The quantitative estimate of drug-likeness (QED) is 0.690. The van der Waals surface area contributed by atoms with E-state index in [-0.39, 0.29) is 16.9 Å². The highest BCUT2D eigenvalue weighted by molar-refractivity contribution is 5.11. The lowest BCUT2D eigenvalue weighted by atomic mass is 9.69. The topological polar surface area (TPSA) is 21.3 Å². The summed E-state index contributed by atoms with van der Waals surface area (Å²) >= 11 is 0. The minimum absolute atomic E-state index is 0.0577. The minimum Gasteiger partial charge on any atom is -0.379 e. The number of hydrogen-bond acceptors (Lipinski definition) is 2. The van der Waals surface area contributed by atoms with Gasteiger partial charge in [0, 0.05) is 25.1 Å². The van der Waals surface area contributed by atoms with Crippen molar-refractivity contribution >= 4 is 0 Å². The van der Waals surface area contributed by atoms with E-state index in [9.17, 15) is 0 Å². The third-order valence-corrected chi connectivity index (χ3v) is 3.39. The van der Waals surface area contributed by atoms with Gasteiger partial charge in [0.15, 0.2) is 0 Å². The van der Waals surface area contributed by atoms with Crippen LogP contribution in [0.3, 0.4) is 0 Å². The Kier molecular flexibility index (Phi) is 3.91. The Morgan fingerprint density at radius 2 is 1.94 bits per heavy atom. The molecule has 0 fully saturated rings. The average molecular weight is 223 g/mol. The summed E-state index contributed by atoms with van der Waals surface area (Å²) in [7, 11) is 1.80. The lowest BCUT2D eigenvalue weighted by molar-refractivity contribution is -0.00856. The first-order chi connectivity index (χ1) is 7.26. The summed E-state index contributed by atoms with van der Waals surface area (Å²) in [5, 5.41) is 3.16. The van der Waals surface area contributed by atoms with Crippen molar-refractivity contribution in [2.45, 2.75) is 47.1 Å². The first kappa shape index (κ1) is 13.4. The zero-order valence-electron chi connectivity index (χ0n) is 11.5. The van der Waals surface area contributed by atoms with Crippen molar-refractivity contribution in [2.75, 3.05) is 13.7 Å². The Balaban J connectivity index is 2.96. The van der Waals surface area contributed by atoms with Gasteiger partial charge in [0.1, 0.15) is 0 Å². The summed E-state index contributed by atoms with van der Waals surface area (Å²) < 4.78 is 5.63. The molecule has 92 valence electrons. The first-order valence-electron chi connectivity index (χ1n) is 6.04. The maximum Gasteiger partial charge on any atom is 0.0784 e. The zero-order valence-corrected chi connectivity index (χ0v) is 11.5. The second kappa shape index (κ2) is 4.67. The van der Waals surface area contributed by atoms with Crippen molar-refractivity contribution in [1.82, 2.24) is 5.32 Å². The number of methoxy groups -OCH3 is 1. The summed E-state index contributed by atoms with van der Waals surface area (Å²) in [6.07, 6.45) is 1.33. The van der Waals surface area contributed by atoms with Gasteiger partial charge in [-0.05, 0) is 31.6 Å². The van der Waals surface area contributed by atoms with E-state index < -0.39 is 0 Å². The molecule has 1 heterocycles. The molecule has 0 aromatic heterocycles. The van der Waals surface area contributed by atoms with Crippen molar-refractivity contribution in [3.05, 3.63) is 0 Å². The molecule has 1 N–H and O–H groups in total. The van der Waals surface area contributed by atoms with E-state index in [2.05, 4.69) is 51.9 Å². The molecule has 2 unspecified atom stereocenters. The molecular weight excluding hydrogens is 198 g/mol. The summed E-state index contributed by atoms with van der Waals surface area (Å²) in [5.74, 6) is 3.81. The second-order valence-corrected chi connectivity index (χ2v) is 6.47. The monoisotopic (exact) mass is 223 g/mol. The van der Waals surface area contributed by atoms with E-state index in [4.69, 9.17) is 4.74 Å². The lowest BCUT2D eigenvalue weighted by Crippen LogP contribution is -2.42. The Hall–Kier alpha value is -0.680. The molecule has 0 aromatic carbocycles. The van der Waals surface area contributed by atoms with Crippen LogP contribution in [0.4, 0.5) is 0 Å². The van der Waals surface area contributed by atoms with E-state index in [0.29, 0.717) is 5.92 Å². The van der Waals surface area contributed by atoms with Crippen LogP contribution < -0.4 is 5.32 Å². The molecule has 1 rings (SSSR count). The molecule has 1 aliphatic rings. The van der Waals surface area contributed by atoms with Crippen LogP contribution in [0, 0.1) is 28.7 Å². The van der Waals surface area contributed by atoms with E-state index >= 15 is 0 Å². The molecule has 0 spiro atoms. The van der Waals surface area contributed by atoms with Crippen LogP contribution in [0.1, 0.15) is 41.0 Å². The molecule has 1 aliphatic heterocycles. The largest absolute Gasteiger partial charge is 0.379 e. The fraction of sp³-hybridized carbons (Fsp3) is 0.857. The van der Waals surface area contributed by atoms with Gasteiger partial charge in [0.05, 0.1) is 6.10 Å². The van der Waals surface area contributed by atoms with Gasteiger partial charge in [0.2, 0.25) is 0 Å². The minimum atomic E-state index is 0.0577. The lowest BCUT2D eigenvalue weighted by Gasteiger charge is -2.40. The number of hydrogen-bond donors (Lipinski definition) is 1. The van der Waals surface area contributed by atoms with Gasteiger partial charge in [-0.25, -0.2) is 0 Å². The second-order valence-electron chi connectivity index (χ2n) is 6.47. The highest BCUT2D eigenvalue weighted by Gasteiger charge is 2.36. The SMILES string of the molecule is COC1CNC#CC(C)(C)CC1C(C)(C)C. The number of nitrogens with one attached hydrogen (secondary N) is 1. The van der Waals surface area contributed by atoms with Gasteiger partial charge in [-0.3, -0.25) is 0 Å². The van der Waals surface area contributed by atoms with Crippen molar-refractivity contribution in [3.63, 3.8) is 0 Å². The highest BCUT2D eigenvalue weighted by atomic mass is 16.5. The van der Waals surface area contributed by atoms with Gasteiger partial charge in [-0.1, -0.05) is 26.7 Å². The molecule has 0 bridgehead atoms. The molecule has 2 nitrogen and oxygen atoms in total. The molecular formula is C14H25NO. The number of ether oxygens (including phenoxy) is 1. The Labute approximate surface area is 100 Å². The van der Waals surface area contributed by atoms with Crippen LogP contribution in [-0.4, -0.2) is 19.8 Å². The van der Waals surface area contributed by atoms with Crippen molar-refractivity contribution in [3.8, 4) is 12.0 Å². The van der Waals surface area contributed by atoms with Gasteiger partial charge >= 0.3 is 0 Å². The Bertz CT molecular complexity index is 290. The molecule has 2 heteroatoms. The van der Waals surface area contributed by atoms with Crippen LogP contribution in [0.5, 0.6) is 0 Å². The van der Waals surface area contributed by atoms with E-state index in [1.54, 1.807) is 7.11 Å². The zero-order chi connectivity index (χ0) is 12.4. The normalized spacial score (nSPS) is 29.4. The maximum absolute atomic E-state index is 5.63. The van der Waals surface area contributed by atoms with Crippen molar-refractivity contribution in [2.24, 2.45) is 16.7 Å². The van der Waals surface area contributed by atoms with E-state index in [1.165, 1.54) is 0 Å². The smallest absolute Gasteiger partial charge is 0.0784 e. The molecule has 0 aromatic rings. The molecule has 0 saturated carbocycles. The summed E-state index contributed by atoms with van der Waals surface area (Å²) in [6, 6.07) is 3.03. The van der Waals surface area contributed by atoms with Crippen LogP contribution in [-0.2, 0) is 4.74 Å². The van der Waals surface area contributed by atoms with Gasteiger partial charge in [-0.2, -0.15) is 0 Å². The van der Waals surface area contributed by atoms with Crippen LogP contribution in [0.25, 0.3) is 0 Å². The molecule has 16 heavy (non-hydrogen) atoms. The maximum atomic E-state index is 5.63. The average Bonchev–Trinajstić information content (AvgIpc) is 2.11. The summed E-state index contributed by atoms with van der Waals surface area (Å²) in [6.45, 7) is 12.1. The first-order valence-corrected chi connectivity index (χ1v) is 6.04. The van der Waals surface area contributed by atoms with Crippen LogP contribution in [0.15, 0.2) is 0 Å². The molecule has 0 amide bonds. The predicted molar refractivity (Wildman–Crippen MR) is 67.9 cm³/mol. The third-order valence-electron chi connectivity index (χ3n) is 3.39. The summed E-state index contributed by atoms with van der Waals surface area (Å²) in [5.41, 5.74) is 0.306. The third kappa shape index (κ3) is 3.42. The van der Waals surface area contributed by atoms with E-state index in [0.717, 1.165) is 13.0 Å². The Morgan fingerprint density at radius 3 is 2.44 bits per heavy atom. The summed E-state index contributed by atoms with van der Waals surface area (Å²) in [4.78, 5) is 0. The van der Waals surface area contributed by atoms with Crippen LogP contribution in [0.2, 0.25) is 0 Å². The molecule has 0 aliphatic carbocycles. The van der Waals surface area contributed by atoms with Gasteiger partial charge in [0.25, 0.3) is 0 Å². The van der Waals surface area contributed by atoms with Gasteiger partial charge < -0.3 is 10.1 Å². The van der Waals surface area contributed by atoms with E-state index in [1.807, 2.05) is 0 Å². The van der Waals surface area contributed by atoms with Crippen molar-refractivity contribution < 1.29 is 4.74 Å². The molecule has 0 saturated heterocycles. The molecule has 2 atom stereocenters. The standard InChI is InChI=1S/C14H25NO/c1-13(2,3)11-9-14(4,5)7-8-15-10-12(11)16-6/h11-12,15H,9-10H2,1-6H3. The Morgan fingerprint density at radius 1 is 1.31 bits per heavy atom. The predicted octanol–water partition coefficient (Wildman–Crippen LogP) is 2.64. The van der Waals surface area contributed by atoms with Crippen molar-refractivity contribution in [1.29, 1.82) is 0 Å².